The predicted molar refractivity (Wildman–Crippen MR) is 84.6 cm³/mol. The summed E-state index contributed by atoms with van der Waals surface area (Å²) in [4.78, 5) is 24.6. The van der Waals surface area contributed by atoms with Gasteiger partial charge in [0.15, 0.2) is 0 Å². The summed E-state index contributed by atoms with van der Waals surface area (Å²) in [7, 11) is 2.01. The van der Waals surface area contributed by atoms with Gasteiger partial charge in [-0.25, -0.2) is 4.98 Å². The van der Waals surface area contributed by atoms with Crippen LogP contribution in [0.2, 0.25) is 0 Å². The van der Waals surface area contributed by atoms with E-state index in [0.29, 0.717) is 6.54 Å². The molecule has 3 rings (SSSR count). The van der Waals surface area contributed by atoms with Gasteiger partial charge in [0.2, 0.25) is 0 Å². The molecule has 6 heteroatoms. The molecule has 1 aliphatic rings. The van der Waals surface area contributed by atoms with Crippen LogP contribution >= 0.6 is 0 Å². The number of carbonyl (C=O) groups is 1. The van der Waals surface area contributed by atoms with E-state index in [1.165, 1.54) is 0 Å². The van der Waals surface area contributed by atoms with Crippen LogP contribution in [0.4, 0.5) is 0 Å². The first kappa shape index (κ1) is 14.8. The number of hydrogen-bond donors (Lipinski definition) is 1. The smallest absolute Gasteiger partial charge is 0.255 e. The van der Waals surface area contributed by atoms with Gasteiger partial charge in [-0.05, 0) is 19.5 Å². The Morgan fingerprint density at radius 2 is 2.27 bits per heavy atom. The molecule has 118 valence electrons. The van der Waals surface area contributed by atoms with Crippen LogP contribution < -0.4 is 0 Å². The molecule has 2 aromatic heterocycles. The van der Waals surface area contributed by atoms with Crippen LogP contribution in [-0.2, 0) is 7.05 Å². The highest BCUT2D eigenvalue weighted by molar-refractivity contribution is 5.95. The quantitative estimate of drug-likeness (QED) is 0.936. The highest BCUT2D eigenvalue weighted by Crippen LogP contribution is 2.25. The Kier molecular flexibility index (Phi) is 4.02. The number of imidazole rings is 1. The molecule has 3 heterocycles. The number of carbonyl (C=O) groups excluding carboxylic acids is 1. The van der Waals surface area contributed by atoms with Crippen LogP contribution in [0.5, 0.6) is 0 Å². The maximum absolute atomic E-state index is 12.7. The summed E-state index contributed by atoms with van der Waals surface area (Å²) in [6.07, 6.45) is 5.60. The number of aromatic amines is 1. The van der Waals surface area contributed by atoms with Crippen molar-refractivity contribution in [2.45, 2.75) is 19.9 Å². The summed E-state index contributed by atoms with van der Waals surface area (Å²) < 4.78 is 2.04. The van der Waals surface area contributed by atoms with E-state index in [2.05, 4.69) is 21.8 Å². The third-order valence-electron chi connectivity index (χ3n) is 4.53. The zero-order chi connectivity index (χ0) is 15.7. The van der Waals surface area contributed by atoms with Gasteiger partial charge in [-0.3, -0.25) is 9.69 Å². The summed E-state index contributed by atoms with van der Waals surface area (Å²) in [5.74, 6) is 1.12. The number of piperazine rings is 1. The van der Waals surface area contributed by atoms with Crippen LogP contribution in [0.25, 0.3) is 0 Å². The molecule has 22 heavy (non-hydrogen) atoms. The standard InChI is InChI=1S/C16H23N5O/c1-4-20-9-10-21(16(22)13-5-6-17-12(13)2)11-14(20)15-18-7-8-19(15)3/h5-8,14,17H,4,9-11H2,1-3H3/t14-/m1/s1. The molecule has 1 saturated heterocycles. The van der Waals surface area contributed by atoms with Gasteiger partial charge >= 0.3 is 0 Å². The first-order valence-corrected chi connectivity index (χ1v) is 7.76. The molecule has 6 nitrogen and oxygen atoms in total. The van der Waals surface area contributed by atoms with E-state index in [1.807, 2.05) is 48.1 Å². The lowest BCUT2D eigenvalue weighted by Gasteiger charge is -2.40. The number of hydrogen-bond acceptors (Lipinski definition) is 3. The maximum atomic E-state index is 12.7. The molecular formula is C16H23N5O. The maximum Gasteiger partial charge on any atom is 0.255 e. The van der Waals surface area contributed by atoms with Gasteiger partial charge in [-0.1, -0.05) is 6.92 Å². The second-order valence-corrected chi connectivity index (χ2v) is 5.81. The van der Waals surface area contributed by atoms with E-state index in [0.717, 1.165) is 36.7 Å². The van der Waals surface area contributed by atoms with Crippen molar-refractivity contribution in [3.8, 4) is 0 Å². The van der Waals surface area contributed by atoms with Crippen molar-refractivity contribution in [3.63, 3.8) is 0 Å². The molecule has 1 fully saturated rings. The minimum atomic E-state index is 0.105. The molecule has 0 unspecified atom stereocenters. The minimum absolute atomic E-state index is 0.105. The van der Waals surface area contributed by atoms with E-state index < -0.39 is 0 Å². The zero-order valence-electron chi connectivity index (χ0n) is 13.4. The average molecular weight is 301 g/mol. The van der Waals surface area contributed by atoms with Crippen molar-refractivity contribution in [3.05, 3.63) is 41.7 Å². The van der Waals surface area contributed by atoms with Gasteiger partial charge in [0, 0.05) is 51.0 Å². The van der Waals surface area contributed by atoms with E-state index >= 15 is 0 Å². The first-order valence-electron chi connectivity index (χ1n) is 7.76. The minimum Gasteiger partial charge on any atom is -0.365 e. The van der Waals surface area contributed by atoms with Gasteiger partial charge in [0.1, 0.15) is 5.82 Å². The fourth-order valence-electron chi connectivity index (χ4n) is 3.18. The van der Waals surface area contributed by atoms with Crippen molar-refractivity contribution >= 4 is 5.91 Å². The van der Waals surface area contributed by atoms with Gasteiger partial charge in [0.25, 0.3) is 5.91 Å². The Morgan fingerprint density at radius 1 is 1.45 bits per heavy atom. The molecule has 0 spiro atoms. The SMILES string of the molecule is CCN1CCN(C(=O)c2cc[nH]c2C)C[C@@H]1c1nccn1C. The highest BCUT2D eigenvalue weighted by atomic mass is 16.2. The number of nitrogens with one attached hydrogen (secondary N) is 1. The average Bonchev–Trinajstić information content (AvgIpc) is 3.14. The summed E-state index contributed by atoms with van der Waals surface area (Å²) in [5, 5.41) is 0. The molecule has 0 aromatic carbocycles. The molecule has 0 saturated carbocycles. The normalized spacial score (nSPS) is 19.6. The van der Waals surface area contributed by atoms with Crippen molar-refractivity contribution < 1.29 is 4.79 Å². The molecule has 1 amide bonds. The third-order valence-corrected chi connectivity index (χ3v) is 4.53. The molecule has 0 radical (unpaired) electrons. The van der Waals surface area contributed by atoms with Gasteiger partial charge in [-0.2, -0.15) is 0 Å². The second kappa shape index (κ2) is 5.96. The monoisotopic (exact) mass is 301 g/mol. The molecule has 1 aliphatic heterocycles. The van der Waals surface area contributed by atoms with Gasteiger partial charge in [0.05, 0.1) is 11.6 Å². The molecule has 2 aromatic rings. The number of nitrogens with zero attached hydrogens (tertiary/aromatic N) is 4. The number of likely N-dealkylation sites (N-methyl/N-ethyl adjacent to an activating group) is 1. The third kappa shape index (κ3) is 2.54. The van der Waals surface area contributed by atoms with Gasteiger partial charge in [-0.15, -0.1) is 0 Å². The Labute approximate surface area is 130 Å². The molecule has 0 aliphatic carbocycles. The Hall–Kier alpha value is -2.08. The van der Waals surface area contributed by atoms with Crippen molar-refractivity contribution in [2.75, 3.05) is 26.2 Å². The van der Waals surface area contributed by atoms with Crippen molar-refractivity contribution in [2.24, 2.45) is 7.05 Å². The first-order chi connectivity index (χ1) is 10.6. The zero-order valence-corrected chi connectivity index (χ0v) is 13.4. The topological polar surface area (TPSA) is 57.2 Å². The highest BCUT2D eigenvalue weighted by Gasteiger charge is 2.32. The Balaban J connectivity index is 1.83. The van der Waals surface area contributed by atoms with E-state index in [-0.39, 0.29) is 11.9 Å². The second-order valence-electron chi connectivity index (χ2n) is 5.81. The molecular weight excluding hydrogens is 278 g/mol. The predicted octanol–water partition coefficient (Wildman–Crippen LogP) is 1.58. The summed E-state index contributed by atoms with van der Waals surface area (Å²) in [6, 6.07) is 2.02. The molecule has 0 bridgehead atoms. The summed E-state index contributed by atoms with van der Waals surface area (Å²) in [6.45, 7) is 7.38. The van der Waals surface area contributed by atoms with Crippen LogP contribution in [-0.4, -0.2) is 56.4 Å². The summed E-state index contributed by atoms with van der Waals surface area (Å²) in [5.41, 5.74) is 1.69. The van der Waals surface area contributed by atoms with E-state index in [1.54, 1.807) is 0 Å². The van der Waals surface area contributed by atoms with Gasteiger partial charge < -0.3 is 14.5 Å². The van der Waals surface area contributed by atoms with Crippen molar-refractivity contribution in [1.29, 1.82) is 0 Å². The number of H-pyrrole nitrogens is 1. The number of aromatic nitrogens is 3. The van der Waals surface area contributed by atoms with E-state index in [4.69, 9.17) is 0 Å². The number of aryl methyl sites for hydroxylation is 2. The van der Waals surface area contributed by atoms with Crippen LogP contribution in [0, 0.1) is 6.92 Å². The largest absolute Gasteiger partial charge is 0.365 e. The lowest BCUT2D eigenvalue weighted by molar-refractivity contribution is 0.0472. The Bertz CT molecular complexity index is 659. The lowest BCUT2D eigenvalue weighted by Crippen LogP contribution is -2.51. The molecule has 1 N–H and O–H groups in total. The Morgan fingerprint density at radius 3 is 2.86 bits per heavy atom. The summed E-state index contributed by atoms with van der Waals surface area (Å²) >= 11 is 0. The van der Waals surface area contributed by atoms with Crippen LogP contribution in [0.15, 0.2) is 24.7 Å². The fraction of sp³-hybridized carbons (Fsp3) is 0.500. The fourth-order valence-corrected chi connectivity index (χ4v) is 3.18. The molecule has 1 atom stereocenters. The number of rotatable bonds is 3. The van der Waals surface area contributed by atoms with E-state index in [9.17, 15) is 4.79 Å². The van der Waals surface area contributed by atoms with Crippen LogP contribution in [0.1, 0.15) is 34.8 Å². The van der Waals surface area contributed by atoms with Crippen molar-refractivity contribution in [1.82, 2.24) is 24.3 Å². The lowest BCUT2D eigenvalue weighted by atomic mass is 10.1. The number of amides is 1. The van der Waals surface area contributed by atoms with Crippen LogP contribution in [0.3, 0.4) is 0 Å².